The summed E-state index contributed by atoms with van der Waals surface area (Å²) in [5.74, 6) is -0.949. The highest BCUT2D eigenvalue weighted by molar-refractivity contribution is 5.80. The lowest BCUT2D eigenvalue weighted by atomic mass is 9.84. The first-order valence-corrected chi connectivity index (χ1v) is 6.61. The maximum Gasteiger partial charge on any atom is 0.409 e. The van der Waals surface area contributed by atoms with Gasteiger partial charge < -0.3 is 10.1 Å². The van der Waals surface area contributed by atoms with Crippen LogP contribution in [-0.4, -0.2) is 30.3 Å². The van der Waals surface area contributed by atoms with Crippen LogP contribution in [0.4, 0.5) is 13.2 Å². The van der Waals surface area contributed by atoms with E-state index in [4.69, 9.17) is 4.74 Å². The first-order chi connectivity index (χ1) is 8.59. The first kappa shape index (κ1) is 14.6. The van der Waals surface area contributed by atoms with E-state index in [1.165, 1.54) is 20.8 Å². The molecule has 2 aliphatic heterocycles. The fraction of sp³-hybridized carbons (Fsp3) is 0.923. The van der Waals surface area contributed by atoms with Gasteiger partial charge in [-0.3, -0.25) is 4.79 Å². The second kappa shape index (κ2) is 4.65. The Morgan fingerprint density at radius 2 is 1.89 bits per heavy atom. The summed E-state index contributed by atoms with van der Waals surface area (Å²) in [4.78, 5) is 12.0. The first-order valence-electron chi connectivity index (χ1n) is 6.61. The van der Waals surface area contributed by atoms with Gasteiger partial charge >= 0.3 is 6.18 Å². The van der Waals surface area contributed by atoms with Gasteiger partial charge in [0, 0.05) is 0 Å². The van der Waals surface area contributed by atoms with Crippen LogP contribution in [0, 0.1) is 11.3 Å². The average Bonchev–Trinajstić information content (AvgIpc) is 2.83. The summed E-state index contributed by atoms with van der Waals surface area (Å²) in [5, 5.41) is 2.18. The molecule has 2 rings (SSSR count). The summed E-state index contributed by atoms with van der Waals surface area (Å²) < 4.78 is 44.5. The van der Waals surface area contributed by atoms with E-state index in [1.807, 2.05) is 0 Å². The quantitative estimate of drug-likeness (QED) is 0.844. The Balaban J connectivity index is 2.04. The van der Waals surface area contributed by atoms with Gasteiger partial charge in [-0.25, -0.2) is 0 Å². The number of nitrogens with one attached hydrogen (secondary N) is 1. The van der Waals surface area contributed by atoms with Gasteiger partial charge in [-0.05, 0) is 24.7 Å². The van der Waals surface area contributed by atoms with Gasteiger partial charge in [0.1, 0.15) is 6.04 Å². The van der Waals surface area contributed by atoms with E-state index in [2.05, 4.69) is 5.32 Å². The zero-order valence-corrected chi connectivity index (χ0v) is 11.4. The monoisotopic (exact) mass is 279 g/mol. The highest BCUT2D eigenvalue weighted by Crippen LogP contribution is 2.40. The van der Waals surface area contributed by atoms with Crippen molar-refractivity contribution in [3.05, 3.63) is 0 Å². The Kier molecular flexibility index (Phi) is 3.58. The molecule has 0 saturated carbocycles. The summed E-state index contributed by atoms with van der Waals surface area (Å²) >= 11 is 0. The van der Waals surface area contributed by atoms with Crippen molar-refractivity contribution in [2.75, 3.05) is 0 Å². The van der Waals surface area contributed by atoms with E-state index in [9.17, 15) is 18.0 Å². The number of alkyl halides is 3. The van der Waals surface area contributed by atoms with Crippen LogP contribution in [0.3, 0.4) is 0 Å². The summed E-state index contributed by atoms with van der Waals surface area (Å²) in [6.45, 7) is 4.42. The Bertz CT molecular complexity index is 348. The molecule has 4 atom stereocenters. The Labute approximate surface area is 110 Å². The number of rotatable bonds is 2. The van der Waals surface area contributed by atoms with Crippen LogP contribution in [0.1, 0.15) is 40.0 Å². The zero-order chi connectivity index (χ0) is 14.4. The molecule has 1 amide bonds. The Morgan fingerprint density at radius 1 is 1.26 bits per heavy atom. The number of carbonyl (C=O) groups is 1. The van der Waals surface area contributed by atoms with E-state index in [1.54, 1.807) is 0 Å². The van der Waals surface area contributed by atoms with Crippen molar-refractivity contribution in [3.63, 3.8) is 0 Å². The van der Waals surface area contributed by atoms with Crippen LogP contribution in [0.2, 0.25) is 0 Å². The number of ether oxygens (including phenoxy) is 1. The van der Waals surface area contributed by atoms with Gasteiger partial charge in [0.25, 0.3) is 0 Å². The van der Waals surface area contributed by atoms with E-state index in [0.29, 0.717) is 6.42 Å². The third-order valence-electron chi connectivity index (χ3n) is 3.92. The van der Waals surface area contributed by atoms with Gasteiger partial charge in [-0.2, -0.15) is 13.2 Å². The van der Waals surface area contributed by atoms with Crippen LogP contribution in [0.5, 0.6) is 0 Å². The molecule has 2 heterocycles. The van der Waals surface area contributed by atoms with Crippen molar-refractivity contribution in [1.29, 1.82) is 0 Å². The molecular formula is C13H20F3NO2. The Hall–Kier alpha value is -0.780. The van der Waals surface area contributed by atoms with E-state index in [0.717, 1.165) is 12.8 Å². The van der Waals surface area contributed by atoms with Crippen molar-refractivity contribution < 1.29 is 22.7 Å². The largest absolute Gasteiger partial charge is 0.409 e. The van der Waals surface area contributed by atoms with Crippen molar-refractivity contribution in [1.82, 2.24) is 5.32 Å². The molecule has 110 valence electrons. The van der Waals surface area contributed by atoms with Gasteiger partial charge in [0.15, 0.2) is 0 Å². The van der Waals surface area contributed by atoms with E-state index in [-0.39, 0.29) is 12.2 Å². The number of amides is 1. The average molecular weight is 279 g/mol. The number of fused-ring (bicyclic) bond motifs is 2. The molecule has 2 aliphatic rings. The van der Waals surface area contributed by atoms with Gasteiger partial charge in [0.2, 0.25) is 5.91 Å². The number of hydrogen-bond donors (Lipinski definition) is 1. The molecule has 1 N–H and O–H groups in total. The predicted molar refractivity (Wildman–Crippen MR) is 63.4 cm³/mol. The maximum absolute atomic E-state index is 13.0. The highest BCUT2D eigenvalue weighted by Gasteiger charge is 2.50. The third kappa shape index (κ3) is 3.04. The molecule has 0 spiro atoms. The smallest absolute Gasteiger partial charge is 0.374 e. The summed E-state index contributed by atoms with van der Waals surface area (Å²) in [5.41, 5.74) is -1.06. The van der Waals surface area contributed by atoms with Crippen LogP contribution >= 0.6 is 0 Å². The highest BCUT2D eigenvalue weighted by atomic mass is 19.4. The lowest BCUT2D eigenvalue weighted by Crippen LogP contribution is -2.55. The second-order valence-corrected chi connectivity index (χ2v) is 6.57. The molecule has 0 aliphatic carbocycles. The van der Waals surface area contributed by atoms with Crippen LogP contribution in [0.25, 0.3) is 0 Å². The van der Waals surface area contributed by atoms with Gasteiger partial charge in [-0.15, -0.1) is 0 Å². The second-order valence-electron chi connectivity index (χ2n) is 6.57. The minimum Gasteiger partial charge on any atom is -0.374 e. The van der Waals surface area contributed by atoms with Crippen molar-refractivity contribution in [2.24, 2.45) is 11.3 Å². The lowest BCUT2D eigenvalue weighted by molar-refractivity contribution is -0.182. The lowest BCUT2D eigenvalue weighted by Gasteiger charge is -2.34. The molecular weight excluding hydrogens is 259 g/mol. The fourth-order valence-corrected chi connectivity index (χ4v) is 2.95. The van der Waals surface area contributed by atoms with E-state index < -0.39 is 29.5 Å². The minimum absolute atomic E-state index is 0.0553. The standard InChI is InChI=1S/C13H20F3NO2/c1-12(2,3)11(13(14,15)16)17-10(18)8-6-7-4-5-9(8)19-7/h7-9,11H,4-6H2,1-3H3,(H,17,18). The molecule has 2 saturated heterocycles. The Morgan fingerprint density at radius 3 is 2.26 bits per heavy atom. The van der Waals surface area contributed by atoms with Crippen LogP contribution in [0.15, 0.2) is 0 Å². The van der Waals surface area contributed by atoms with E-state index >= 15 is 0 Å². The minimum atomic E-state index is -4.44. The molecule has 6 heteroatoms. The molecule has 0 aromatic carbocycles. The number of carbonyl (C=O) groups excluding carboxylic acids is 1. The third-order valence-corrected chi connectivity index (χ3v) is 3.92. The topological polar surface area (TPSA) is 38.3 Å². The molecule has 3 nitrogen and oxygen atoms in total. The van der Waals surface area contributed by atoms with Crippen molar-refractivity contribution >= 4 is 5.91 Å². The number of halogens is 3. The molecule has 4 unspecified atom stereocenters. The van der Waals surface area contributed by atoms with Crippen LogP contribution in [-0.2, 0) is 9.53 Å². The normalized spacial score (nSPS) is 32.4. The van der Waals surface area contributed by atoms with Gasteiger partial charge in [-0.1, -0.05) is 20.8 Å². The SMILES string of the molecule is CC(C)(C)C(NC(=O)C1CC2CCC1O2)C(F)(F)F. The summed E-state index contributed by atoms with van der Waals surface area (Å²) in [6, 6.07) is -1.83. The zero-order valence-electron chi connectivity index (χ0n) is 11.4. The molecule has 2 fully saturated rings. The maximum atomic E-state index is 13.0. The molecule has 0 aromatic heterocycles. The number of hydrogen-bond acceptors (Lipinski definition) is 2. The molecule has 2 bridgehead atoms. The van der Waals surface area contributed by atoms with Crippen LogP contribution < -0.4 is 5.32 Å². The van der Waals surface area contributed by atoms with Crippen molar-refractivity contribution in [3.8, 4) is 0 Å². The van der Waals surface area contributed by atoms with Gasteiger partial charge in [0.05, 0.1) is 18.1 Å². The predicted octanol–water partition coefficient (Wildman–Crippen LogP) is 2.65. The fourth-order valence-electron chi connectivity index (χ4n) is 2.95. The molecule has 19 heavy (non-hydrogen) atoms. The summed E-state index contributed by atoms with van der Waals surface area (Å²) in [7, 11) is 0. The molecule has 0 aromatic rings. The molecule has 0 radical (unpaired) electrons. The summed E-state index contributed by atoms with van der Waals surface area (Å²) in [6.07, 6.45) is -2.35. The van der Waals surface area contributed by atoms with Crippen molar-refractivity contribution in [2.45, 2.75) is 64.5 Å².